The monoisotopic (exact) mass is 556 g/mol. The summed E-state index contributed by atoms with van der Waals surface area (Å²) in [7, 11) is 0. The maximum atomic E-state index is 10.6. The van der Waals surface area contributed by atoms with Crippen LogP contribution in [0.5, 0.6) is 0 Å². The summed E-state index contributed by atoms with van der Waals surface area (Å²) < 4.78 is 75.0. The van der Waals surface area contributed by atoms with Gasteiger partial charge in [0.1, 0.15) is 5.76 Å². The zero-order valence-corrected chi connectivity index (χ0v) is 19.8. The number of halogens is 6. The molecule has 16 heteroatoms. The van der Waals surface area contributed by atoms with E-state index < -0.39 is 24.3 Å². The lowest BCUT2D eigenvalue weighted by molar-refractivity contribution is -0.193. The van der Waals surface area contributed by atoms with E-state index in [1.54, 1.807) is 18.7 Å². The first-order valence-corrected chi connectivity index (χ1v) is 11.2. The van der Waals surface area contributed by atoms with Crippen LogP contribution in [0.4, 0.5) is 32.3 Å². The topological polar surface area (TPSA) is 138 Å². The summed E-state index contributed by atoms with van der Waals surface area (Å²) in [6, 6.07) is 5.84. The van der Waals surface area contributed by atoms with Crippen molar-refractivity contribution < 1.29 is 55.3 Å². The summed E-state index contributed by atoms with van der Waals surface area (Å²) in [5.74, 6) is -3.77. The first-order valence-electron chi connectivity index (χ1n) is 11.2. The molecule has 0 spiro atoms. The number of nitrogens with one attached hydrogen (secondary N) is 1. The number of hydrogen-bond donors (Lipinski definition) is 3. The number of aromatic nitrogens is 2. The number of likely N-dealkylation sites (tertiary alicyclic amines) is 1. The van der Waals surface area contributed by atoms with Gasteiger partial charge in [-0.05, 0) is 37.5 Å². The van der Waals surface area contributed by atoms with Gasteiger partial charge in [-0.1, -0.05) is 0 Å². The summed E-state index contributed by atoms with van der Waals surface area (Å²) in [5.41, 5.74) is 0.229. The number of anilines is 1. The third-order valence-electron chi connectivity index (χ3n) is 5.76. The van der Waals surface area contributed by atoms with E-state index in [0.29, 0.717) is 12.1 Å². The van der Waals surface area contributed by atoms with Crippen molar-refractivity contribution in [1.29, 1.82) is 0 Å². The van der Waals surface area contributed by atoms with E-state index in [2.05, 4.69) is 26.3 Å². The van der Waals surface area contributed by atoms with Gasteiger partial charge in [0.05, 0.1) is 18.9 Å². The maximum Gasteiger partial charge on any atom is 0.490 e. The lowest BCUT2D eigenvalue weighted by Gasteiger charge is -2.43. The van der Waals surface area contributed by atoms with Crippen molar-refractivity contribution in [3.8, 4) is 0 Å². The quantitative estimate of drug-likeness (QED) is 0.450. The van der Waals surface area contributed by atoms with E-state index in [0.717, 1.165) is 57.8 Å². The molecule has 4 rings (SSSR count). The molecule has 2 fully saturated rings. The first-order chi connectivity index (χ1) is 17.7. The summed E-state index contributed by atoms with van der Waals surface area (Å²) in [4.78, 5) is 28.8. The smallest absolute Gasteiger partial charge is 0.475 e. The average molecular weight is 556 g/mol. The van der Waals surface area contributed by atoms with Crippen LogP contribution in [0.15, 0.2) is 41.3 Å². The van der Waals surface area contributed by atoms with Gasteiger partial charge in [-0.25, -0.2) is 19.6 Å². The highest BCUT2D eigenvalue weighted by atomic mass is 19.4. The third kappa shape index (κ3) is 9.81. The number of carboxylic acids is 2. The third-order valence-corrected chi connectivity index (χ3v) is 5.76. The zero-order valence-electron chi connectivity index (χ0n) is 19.8. The fourth-order valence-electron chi connectivity index (χ4n) is 4.07. The Morgan fingerprint density at radius 3 is 2.21 bits per heavy atom. The van der Waals surface area contributed by atoms with Crippen LogP contribution in [0, 0.1) is 5.41 Å². The predicted molar refractivity (Wildman–Crippen MR) is 118 cm³/mol. The second-order valence-electron chi connectivity index (χ2n) is 8.41. The molecule has 10 nitrogen and oxygen atoms in total. The minimum absolute atomic E-state index is 0.229. The second-order valence-corrected chi connectivity index (χ2v) is 8.41. The Kier molecular flexibility index (Phi) is 10.9. The second kappa shape index (κ2) is 13.4. The number of fused-ring (bicyclic) bond motifs is 1. The molecule has 4 heterocycles. The van der Waals surface area contributed by atoms with E-state index >= 15 is 0 Å². The van der Waals surface area contributed by atoms with Crippen LogP contribution in [0.3, 0.4) is 0 Å². The van der Waals surface area contributed by atoms with Crippen LogP contribution >= 0.6 is 0 Å². The van der Waals surface area contributed by atoms with Crippen LogP contribution in [-0.2, 0) is 20.9 Å². The summed E-state index contributed by atoms with van der Waals surface area (Å²) in [6.45, 7) is 4.77. The Morgan fingerprint density at radius 1 is 1.08 bits per heavy atom. The van der Waals surface area contributed by atoms with Crippen LogP contribution in [0.2, 0.25) is 0 Å². The summed E-state index contributed by atoms with van der Waals surface area (Å²) in [5, 5.41) is 17.6. The van der Waals surface area contributed by atoms with Gasteiger partial charge in [-0.3, -0.25) is 4.90 Å². The number of nitrogens with zero attached hydrogens (tertiary/aromatic N) is 3. The molecule has 2 aliphatic heterocycles. The standard InChI is InChI=1S/C18H24N4O2.2C2HF3O2/c1-3-15(23-11-1)13-22-10-4-16-18(14-22,6-12-24-16)5-9-21-17-19-7-2-8-20-17;2*3-2(4,5)1(6)7/h1-3,7-8,11,16H,4-6,9-10,12-14H2,(H,19,20,21);2*(H,6,7)/t16-,18+;;/m1../s1. The fourth-order valence-corrected chi connectivity index (χ4v) is 4.07. The number of alkyl halides is 6. The molecule has 2 aliphatic rings. The van der Waals surface area contributed by atoms with Gasteiger partial charge in [0.15, 0.2) is 0 Å². The molecule has 38 heavy (non-hydrogen) atoms. The number of piperidine rings is 1. The van der Waals surface area contributed by atoms with Crippen molar-refractivity contribution in [3.05, 3.63) is 42.6 Å². The van der Waals surface area contributed by atoms with Crippen molar-refractivity contribution in [2.24, 2.45) is 5.41 Å². The molecule has 0 saturated carbocycles. The van der Waals surface area contributed by atoms with Gasteiger partial charge >= 0.3 is 24.3 Å². The van der Waals surface area contributed by atoms with E-state index in [1.165, 1.54) is 0 Å². The van der Waals surface area contributed by atoms with E-state index in [4.69, 9.17) is 29.0 Å². The number of furan rings is 1. The minimum Gasteiger partial charge on any atom is -0.475 e. The van der Waals surface area contributed by atoms with Gasteiger partial charge in [0.25, 0.3) is 0 Å². The van der Waals surface area contributed by atoms with Crippen LogP contribution in [0.25, 0.3) is 0 Å². The minimum atomic E-state index is -5.08. The average Bonchev–Trinajstić information content (AvgIpc) is 3.49. The van der Waals surface area contributed by atoms with Crippen LogP contribution < -0.4 is 5.32 Å². The molecule has 0 unspecified atom stereocenters. The van der Waals surface area contributed by atoms with Gasteiger partial charge in [0.2, 0.25) is 5.95 Å². The van der Waals surface area contributed by atoms with Crippen LogP contribution in [-0.4, -0.2) is 81.7 Å². The maximum absolute atomic E-state index is 10.6. The number of carboxylic acid groups (broad SMARTS) is 2. The predicted octanol–water partition coefficient (Wildman–Crippen LogP) is 3.82. The molecule has 0 aliphatic carbocycles. The van der Waals surface area contributed by atoms with Crippen molar-refractivity contribution in [2.45, 2.75) is 44.3 Å². The summed E-state index contributed by atoms with van der Waals surface area (Å²) in [6.07, 6.45) is -1.21. The normalized spacial score (nSPS) is 21.3. The molecule has 0 aromatic carbocycles. The molecule has 2 saturated heterocycles. The van der Waals surface area contributed by atoms with Crippen molar-refractivity contribution in [2.75, 3.05) is 31.6 Å². The van der Waals surface area contributed by atoms with Crippen molar-refractivity contribution in [3.63, 3.8) is 0 Å². The first kappa shape index (κ1) is 30.8. The van der Waals surface area contributed by atoms with Gasteiger partial charge in [-0.15, -0.1) is 0 Å². The Labute approximate surface area is 212 Å². The van der Waals surface area contributed by atoms with Gasteiger partial charge < -0.3 is 24.7 Å². The zero-order chi connectivity index (χ0) is 28.4. The van der Waals surface area contributed by atoms with E-state index in [-0.39, 0.29) is 5.41 Å². The lowest BCUT2D eigenvalue weighted by atomic mass is 9.74. The molecule has 0 amide bonds. The molecule has 0 bridgehead atoms. The summed E-state index contributed by atoms with van der Waals surface area (Å²) >= 11 is 0. The van der Waals surface area contributed by atoms with Gasteiger partial charge in [0, 0.05) is 44.0 Å². The highest BCUT2D eigenvalue weighted by Crippen LogP contribution is 2.43. The highest BCUT2D eigenvalue weighted by molar-refractivity contribution is 5.73. The van der Waals surface area contributed by atoms with Crippen LogP contribution in [0.1, 0.15) is 25.0 Å². The number of carbonyl (C=O) groups is 2. The fraction of sp³-hybridized carbons (Fsp3) is 0.545. The molecule has 2 aromatic rings. The van der Waals surface area contributed by atoms with Crippen molar-refractivity contribution >= 4 is 17.9 Å². The highest BCUT2D eigenvalue weighted by Gasteiger charge is 2.47. The molecule has 2 aromatic heterocycles. The molecule has 3 N–H and O–H groups in total. The Hall–Kier alpha value is -3.40. The molecular weight excluding hydrogens is 530 g/mol. The number of rotatable bonds is 6. The van der Waals surface area contributed by atoms with E-state index in [1.807, 2.05) is 12.1 Å². The molecule has 0 radical (unpaired) electrons. The molecule has 2 atom stereocenters. The molecular formula is C22H26F6N4O6. The number of aliphatic carboxylic acids is 2. The number of ether oxygens (including phenoxy) is 1. The van der Waals surface area contributed by atoms with Gasteiger partial charge in [-0.2, -0.15) is 26.3 Å². The lowest BCUT2D eigenvalue weighted by Crippen LogP contribution is -2.49. The van der Waals surface area contributed by atoms with Crippen molar-refractivity contribution in [1.82, 2.24) is 14.9 Å². The van der Waals surface area contributed by atoms with E-state index in [9.17, 15) is 26.3 Å². The molecule has 212 valence electrons. The Morgan fingerprint density at radius 2 is 1.68 bits per heavy atom. The Balaban J connectivity index is 0.000000301. The Bertz CT molecular complexity index is 982. The largest absolute Gasteiger partial charge is 0.490 e. The number of hydrogen-bond acceptors (Lipinski definition) is 8. The SMILES string of the molecule is O=C(O)C(F)(F)F.O=C(O)C(F)(F)F.c1cnc(NCC[C@@]23CCO[C@@H]2CCN(Cc2ccco2)C3)nc1.